The lowest BCUT2D eigenvalue weighted by molar-refractivity contribution is -0.116. The van der Waals surface area contributed by atoms with E-state index in [0.29, 0.717) is 10.7 Å². The molecule has 0 bridgehead atoms. The maximum Gasteiger partial charge on any atom is 0.265 e. The van der Waals surface area contributed by atoms with E-state index in [0.717, 1.165) is 16.8 Å². The molecule has 2 rings (SSSR count). The summed E-state index contributed by atoms with van der Waals surface area (Å²) < 4.78 is 1.10. The second-order valence-electron chi connectivity index (χ2n) is 4.11. The van der Waals surface area contributed by atoms with Gasteiger partial charge in [0.25, 0.3) is 11.1 Å². The summed E-state index contributed by atoms with van der Waals surface area (Å²) in [6, 6.07) is 9.05. The van der Waals surface area contributed by atoms with Gasteiger partial charge in [0.15, 0.2) is 0 Å². The summed E-state index contributed by atoms with van der Waals surface area (Å²) in [5.41, 5.74) is -0.170. The molecule has 0 radical (unpaired) electrons. The van der Waals surface area contributed by atoms with Crippen molar-refractivity contribution in [1.82, 2.24) is 9.78 Å². The predicted molar refractivity (Wildman–Crippen MR) is 76.0 cm³/mol. The lowest BCUT2D eigenvalue weighted by Gasteiger charge is -2.06. The standard InChI is InChI=1S/C13H12ClN3O3/c14-9-2-1-3-10(8-9)15-11(18)6-7-17-13(20)5-4-12(19)16-17/h1-5,8H,6-7H2,(H,15,18)(H,16,19). The zero-order chi connectivity index (χ0) is 14.5. The van der Waals surface area contributed by atoms with E-state index < -0.39 is 0 Å². The maximum absolute atomic E-state index is 11.7. The first kappa shape index (κ1) is 14.1. The van der Waals surface area contributed by atoms with Crippen LogP contribution in [0.1, 0.15) is 6.42 Å². The van der Waals surface area contributed by atoms with Gasteiger partial charge in [-0.25, -0.2) is 4.68 Å². The Kier molecular flexibility index (Phi) is 4.37. The van der Waals surface area contributed by atoms with E-state index in [1.807, 2.05) is 0 Å². The van der Waals surface area contributed by atoms with Gasteiger partial charge in [-0.05, 0) is 18.2 Å². The number of aryl methyl sites for hydroxylation is 1. The number of H-pyrrole nitrogens is 1. The number of carbonyl (C=O) groups is 1. The molecule has 1 heterocycles. The van der Waals surface area contributed by atoms with Gasteiger partial charge in [0, 0.05) is 29.3 Å². The molecule has 1 aromatic carbocycles. The average molecular weight is 294 g/mol. The quantitative estimate of drug-likeness (QED) is 0.889. The first-order chi connectivity index (χ1) is 9.54. The zero-order valence-electron chi connectivity index (χ0n) is 10.4. The van der Waals surface area contributed by atoms with Crippen molar-refractivity contribution in [2.75, 3.05) is 5.32 Å². The lowest BCUT2D eigenvalue weighted by atomic mass is 10.3. The van der Waals surface area contributed by atoms with Crippen molar-refractivity contribution in [2.24, 2.45) is 0 Å². The molecule has 1 aromatic heterocycles. The van der Waals surface area contributed by atoms with Gasteiger partial charge in [-0.3, -0.25) is 19.5 Å². The molecular formula is C13H12ClN3O3. The molecule has 0 saturated carbocycles. The highest BCUT2D eigenvalue weighted by Gasteiger charge is 2.04. The average Bonchev–Trinajstić information content (AvgIpc) is 2.40. The van der Waals surface area contributed by atoms with Crippen molar-refractivity contribution in [1.29, 1.82) is 0 Å². The van der Waals surface area contributed by atoms with Crippen molar-refractivity contribution >= 4 is 23.2 Å². The summed E-state index contributed by atoms with van der Waals surface area (Å²) in [7, 11) is 0. The highest BCUT2D eigenvalue weighted by molar-refractivity contribution is 6.30. The monoisotopic (exact) mass is 293 g/mol. The molecular weight excluding hydrogens is 282 g/mol. The van der Waals surface area contributed by atoms with Gasteiger partial charge in [0.1, 0.15) is 0 Å². The number of aromatic nitrogens is 2. The molecule has 2 aromatic rings. The number of nitrogens with one attached hydrogen (secondary N) is 2. The van der Waals surface area contributed by atoms with Gasteiger partial charge in [0.05, 0.1) is 6.54 Å². The van der Waals surface area contributed by atoms with Gasteiger partial charge in [0.2, 0.25) is 5.91 Å². The molecule has 0 aliphatic carbocycles. The van der Waals surface area contributed by atoms with Gasteiger partial charge < -0.3 is 5.32 Å². The molecule has 104 valence electrons. The summed E-state index contributed by atoms with van der Waals surface area (Å²) >= 11 is 5.80. The van der Waals surface area contributed by atoms with E-state index in [1.54, 1.807) is 24.3 Å². The molecule has 6 nitrogen and oxygen atoms in total. The van der Waals surface area contributed by atoms with Gasteiger partial charge in [-0.2, -0.15) is 0 Å². The number of rotatable bonds is 4. The normalized spacial score (nSPS) is 10.2. The van der Waals surface area contributed by atoms with Crippen LogP contribution >= 0.6 is 11.6 Å². The van der Waals surface area contributed by atoms with E-state index in [2.05, 4.69) is 10.4 Å². The zero-order valence-corrected chi connectivity index (χ0v) is 11.2. The van der Waals surface area contributed by atoms with E-state index in [9.17, 15) is 14.4 Å². The maximum atomic E-state index is 11.7. The number of carbonyl (C=O) groups excluding carboxylic acids is 1. The van der Waals surface area contributed by atoms with Crippen molar-refractivity contribution in [2.45, 2.75) is 13.0 Å². The largest absolute Gasteiger partial charge is 0.326 e. The topological polar surface area (TPSA) is 84.0 Å². The number of halogens is 1. The Bertz CT molecular complexity index is 736. The Morgan fingerprint density at radius 2 is 2.05 bits per heavy atom. The third-order valence-electron chi connectivity index (χ3n) is 2.56. The van der Waals surface area contributed by atoms with Crippen molar-refractivity contribution in [3.63, 3.8) is 0 Å². The van der Waals surface area contributed by atoms with Crippen molar-refractivity contribution in [3.05, 3.63) is 62.1 Å². The van der Waals surface area contributed by atoms with Crippen LogP contribution in [0.5, 0.6) is 0 Å². The van der Waals surface area contributed by atoms with Crippen LogP contribution < -0.4 is 16.4 Å². The Hall–Kier alpha value is -2.34. The SMILES string of the molecule is O=C(CCn1[nH]c(=O)ccc1=O)Nc1cccc(Cl)c1. The van der Waals surface area contributed by atoms with Gasteiger partial charge in [-0.1, -0.05) is 17.7 Å². The van der Waals surface area contributed by atoms with Crippen LogP contribution in [-0.2, 0) is 11.3 Å². The fourth-order valence-electron chi connectivity index (χ4n) is 1.63. The summed E-state index contributed by atoms with van der Waals surface area (Å²) in [6.45, 7) is 0.0985. The van der Waals surface area contributed by atoms with Crippen LogP contribution in [0.2, 0.25) is 5.02 Å². The lowest BCUT2D eigenvalue weighted by Crippen LogP contribution is -2.29. The molecule has 0 saturated heterocycles. The highest BCUT2D eigenvalue weighted by atomic mass is 35.5. The van der Waals surface area contributed by atoms with Crippen molar-refractivity contribution < 1.29 is 4.79 Å². The highest BCUT2D eigenvalue weighted by Crippen LogP contribution is 2.14. The molecule has 0 unspecified atom stereocenters. The first-order valence-electron chi connectivity index (χ1n) is 5.90. The van der Waals surface area contributed by atoms with Crippen LogP contribution in [0.3, 0.4) is 0 Å². The molecule has 7 heteroatoms. The first-order valence-corrected chi connectivity index (χ1v) is 6.28. The minimum Gasteiger partial charge on any atom is -0.326 e. The third-order valence-corrected chi connectivity index (χ3v) is 2.79. The van der Waals surface area contributed by atoms with Crippen LogP contribution in [0.25, 0.3) is 0 Å². The number of amides is 1. The van der Waals surface area contributed by atoms with E-state index in [-0.39, 0.29) is 30.0 Å². The van der Waals surface area contributed by atoms with Crippen LogP contribution in [-0.4, -0.2) is 15.7 Å². The Labute approximate surface area is 119 Å². The molecule has 0 fully saturated rings. The van der Waals surface area contributed by atoms with E-state index >= 15 is 0 Å². The molecule has 2 N–H and O–H groups in total. The fraction of sp³-hybridized carbons (Fsp3) is 0.154. The number of benzene rings is 1. The van der Waals surface area contributed by atoms with Gasteiger partial charge >= 0.3 is 0 Å². The number of hydrogen-bond acceptors (Lipinski definition) is 3. The molecule has 20 heavy (non-hydrogen) atoms. The molecule has 0 spiro atoms. The summed E-state index contributed by atoms with van der Waals surface area (Å²) in [4.78, 5) is 34.2. The number of aromatic amines is 1. The fourth-order valence-corrected chi connectivity index (χ4v) is 1.82. The minimum atomic E-state index is -0.389. The third kappa shape index (κ3) is 3.83. The molecule has 0 aliphatic heterocycles. The number of anilines is 1. The summed E-state index contributed by atoms with van der Waals surface area (Å²) in [6.07, 6.45) is 0.0619. The van der Waals surface area contributed by atoms with E-state index in [1.165, 1.54) is 0 Å². The Balaban J connectivity index is 1.97. The predicted octanol–water partition coefficient (Wildman–Crippen LogP) is 1.22. The molecule has 0 atom stereocenters. The van der Waals surface area contributed by atoms with E-state index in [4.69, 9.17) is 11.6 Å². The van der Waals surface area contributed by atoms with Crippen LogP contribution in [0.15, 0.2) is 46.0 Å². The second-order valence-corrected chi connectivity index (χ2v) is 4.54. The smallest absolute Gasteiger partial charge is 0.265 e. The summed E-state index contributed by atoms with van der Waals surface area (Å²) in [5.74, 6) is -0.274. The molecule has 1 amide bonds. The van der Waals surface area contributed by atoms with Gasteiger partial charge in [-0.15, -0.1) is 0 Å². The second kappa shape index (κ2) is 6.21. The van der Waals surface area contributed by atoms with Crippen LogP contribution in [0.4, 0.5) is 5.69 Å². The number of nitrogens with zero attached hydrogens (tertiary/aromatic N) is 1. The van der Waals surface area contributed by atoms with Crippen LogP contribution in [0, 0.1) is 0 Å². The van der Waals surface area contributed by atoms with Crippen molar-refractivity contribution in [3.8, 4) is 0 Å². The molecule has 0 aliphatic rings. The summed E-state index contributed by atoms with van der Waals surface area (Å²) in [5, 5.41) is 5.53. The Morgan fingerprint density at radius 3 is 2.80 bits per heavy atom. The number of hydrogen-bond donors (Lipinski definition) is 2. The Morgan fingerprint density at radius 1 is 1.25 bits per heavy atom. The minimum absolute atomic E-state index is 0.0619.